The molecule has 1 heterocycles. The molecule has 1 fully saturated rings. The zero-order valence-electron chi connectivity index (χ0n) is 15.0. The van der Waals surface area contributed by atoms with Crippen molar-refractivity contribution in [3.63, 3.8) is 0 Å². The number of nitrogens with two attached hydrogens (primary N) is 1. The van der Waals surface area contributed by atoms with Crippen LogP contribution < -0.4 is 5.73 Å². The van der Waals surface area contributed by atoms with Crippen LogP contribution in [0.25, 0.3) is 0 Å². The molecule has 0 saturated carbocycles. The van der Waals surface area contributed by atoms with E-state index < -0.39 is 0 Å². The summed E-state index contributed by atoms with van der Waals surface area (Å²) in [6.45, 7) is 4.06. The average Bonchev–Trinajstić information content (AvgIpc) is 2.73. The molecular formula is C21H25N3O2. The van der Waals surface area contributed by atoms with Crippen LogP contribution in [-0.2, 0) is 4.79 Å². The Hall–Kier alpha value is -2.66. The first-order valence-electron chi connectivity index (χ1n) is 9.01. The average molecular weight is 351 g/mol. The van der Waals surface area contributed by atoms with Crippen molar-refractivity contribution in [3.05, 3.63) is 71.8 Å². The molecule has 1 saturated heterocycles. The SMILES string of the molecule is CC(C(=O)N1CCN(C(=O)c2ccccc2)CC1)C(N)c1ccccc1. The Morgan fingerprint density at radius 3 is 1.92 bits per heavy atom. The summed E-state index contributed by atoms with van der Waals surface area (Å²) in [5, 5.41) is 0. The summed E-state index contributed by atoms with van der Waals surface area (Å²) in [5.41, 5.74) is 7.94. The second-order valence-corrected chi connectivity index (χ2v) is 6.71. The molecular weight excluding hydrogens is 326 g/mol. The topological polar surface area (TPSA) is 66.6 Å². The second kappa shape index (κ2) is 8.15. The number of rotatable bonds is 4. The number of carbonyl (C=O) groups is 2. The standard InChI is InChI=1S/C21H25N3O2/c1-16(19(22)17-8-4-2-5-9-17)20(25)23-12-14-24(15-13-23)21(26)18-10-6-3-7-11-18/h2-11,16,19H,12-15,22H2,1H3. The van der Waals surface area contributed by atoms with E-state index in [4.69, 9.17) is 5.73 Å². The molecule has 3 rings (SSSR count). The molecule has 2 amide bonds. The Kier molecular flexibility index (Phi) is 5.68. The van der Waals surface area contributed by atoms with Gasteiger partial charge in [0.1, 0.15) is 0 Å². The molecule has 2 atom stereocenters. The van der Waals surface area contributed by atoms with Gasteiger partial charge in [0.25, 0.3) is 5.91 Å². The normalized spacial score (nSPS) is 16.8. The fourth-order valence-electron chi connectivity index (χ4n) is 3.30. The van der Waals surface area contributed by atoms with Crippen LogP contribution in [-0.4, -0.2) is 47.8 Å². The van der Waals surface area contributed by atoms with Crippen LogP contribution in [0.2, 0.25) is 0 Å². The Labute approximate surface area is 154 Å². The van der Waals surface area contributed by atoms with Gasteiger partial charge < -0.3 is 15.5 Å². The van der Waals surface area contributed by atoms with Gasteiger partial charge in [-0.3, -0.25) is 9.59 Å². The molecule has 5 heteroatoms. The molecule has 5 nitrogen and oxygen atoms in total. The van der Waals surface area contributed by atoms with Crippen LogP contribution >= 0.6 is 0 Å². The van der Waals surface area contributed by atoms with E-state index in [-0.39, 0.29) is 23.8 Å². The van der Waals surface area contributed by atoms with Gasteiger partial charge in [-0.2, -0.15) is 0 Å². The van der Waals surface area contributed by atoms with E-state index in [0.717, 1.165) is 5.56 Å². The lowest BCUT2D eigenvalue weighted by Gasteiger charge is -2.37. The second-order valence-electron chi connectivity index (χ2n) is 6.71. The summed E-state index contributed by atoms with van der Waals surface area (Å²) in [6, 6.07) is 18.6. The zero-order valence-corrected chi connectivity index (χ0v) is 15.0. The highest BCUT2D eigenvalue weighted by Gasteiger charge is 2.30. The number of hydrogen-bond donors (Lipinski definition) is 1. The Bertz CT molecular complexity index is 740. The van der Waals surface area contributed by atoms with Gasteiger partial charge in [0.15, 0.2) is 0 Å². The lowest BCUT2D eigenvalue weighted by atomic mass is 9.94. The predicted molar refractivity (Wildman–Crippen MR) is 101 cm³/mol. The van der Waals surface area contributed by atoms with Crippen LogP contribution in [0.1, 0.15) is 28.9 Å². The van der Waals surface area contributed by atoms with E-state index in [1.165, 1.54) is 0 Å². The predicted octanol–water partition coefficient (Wildman–Crippen LogP) is 2.31. The molecule has 0 bridgehead atoms. The minimum Gasteiger partial charge on any atom is -0.339 e. The van der Waals surface area contributed by atoms with Gasteiger partial charge in [0.2, 0.25) is 5.91 Å². The van der Waals surface area contributed by atoms with Crippen LogP contribution in [0.4, 0.5) is 0 Å². The first-order valence-corrected chi connectivity index (χ1v) is 9.01. The maximum Gasteiger partial charge on any atom is 0.253 e. The third-order valence-electron chi connectivity index (χ3n) is 5.01. The highest BCUT2D eigenvalue weighted by atomic mass is 16.2. The Morgan fingerprint density at radius 2 is 1.35 bits per heavy atom. The van der Waals surface area contributed by atoms with Gasteiger partial charge in [-0.15, -0.1) is 0 Å². The van der Waals surface area contributed by atoms with Crippen molar-refractivity contribution in [2.24, 2.45) is 11.7 Å². The van der Waals surface area contributed by atoms with Crippen molar-refractivity contribution in [2.75, 3.05) is 26.2 Å². The molecule has 2 aromatic carbocycles. The number of benzene rings is 2. The van der Waals surface area contributed by atoms with Crippen LogP contribution in [0.15, 0.2) is 60.7 Å². The summed E-state index contributed by atoms with van der Waals surface area (Å²) >= 11 is 0. The molecule has 0 spiro atoms. The lowest BCUT2D eigenvalue weighted by molar-refractivity contribution is -0.137. The van der Waals surface area contributed by atoms with E-state index in [1.807, 2.05) is 72.5 Å². The molecule has 0 aliphatic carbocycles. The van der Waals surface area contributed by atoms with Gasteiger partial charge in [-0.05, 0) is 17.7 Å². The van der Waals surface area contributed by atoms with Gasteiger partial charge in [-0.1, -0.05) is 55.5 Å². The van der Waals surface area contributed by atoms with Crippen molar-refractivity contribution >= 4 is 11.8 Å². The van der Waals surface area contributed by atoms with Gasteiger partial charge in [0, 0.05) is 37.8 Å². The molecule has 0 aromatic heterocycles. The summed E-state index contributed by atoms with van der Waals surface area (Å²) in [6.07, 6.45) is 0. The Balaban J connectivity index is 1.57. The third kappa shape index (κ3) is 3.94. The van der Waals surface area contributed by atoms with Crippen molar-refractivity contribution in [3.8, 4) is 0 Å². The van der Waals surface area contributed by atoms with Gasteiger partial charge in [-0.25, -0.2) is 0 Å². The van der Waals surface area contributed by atoms with Crippen molar-refractivity contribution in [1.29, 1.82) is 0 Å². The summed E-state index contributed by atoms with van der Waals surface area (Å²) in [5.74, 6) is -0.228. The largest absolute Gasteiger partial charge is 0.339 e. The van der Waals surface area contributed by atoms with E-state index in [2.05, 4.69) is 0 Å². The van der Waals surface area contributed by atoms with Crippen LogP contribution in [0.5, 0.6) is 0 Å². The van der Waals surface area contributed by atoms with Gasteiger partial charge >= 0.3 is 0 Å². The van der Waals surface area contributed by atoms with E-state index in [0.29, 0.717) is 31.7 Å². The third-order valence-corrected chi connectivity index (χ3v) is 5.01. The minimum absolute atomic E-state index is 0.0201. The molecule has 0 radical (unpaired) electrons. The maximum atomic E-state index is 12.8. The summed E-state index contributed by atoms with van der Waals surface area (Å²) in [7, 11) is 0. The quantitative estimate of drug-likeness (QED) is 0.919. The zero-order chi connectivity index (χ0) is 18.5. The molecule has 1 aliphatic heterocycles. The number of nitrogens with zero attached hydrogens (tertiary/aromatic N) is 2. The fraction of sp³-hybridized carbons (Fsp3) is 0.333. The molecule has 2 aromatic rings. The van der Waals surface area contributed by atoms with E-state index in [1.54, 1.807) is 4.90 Å². The number of hydrogen-bond acceptors (Lipinski definition) is 3. The molecule has 1 aliphatic rings. The molecule has 2 N–H and O–H groups in total. The summed E-state index contributed by atoms with van der Waals surface area (Å²) < 4.78 is 0. The molecule has 26 heavy (non-hydrogen) atoms. The first-order chi connectivity index (χ1) is 12.6. The number of amides is 2. The number of piperazine rings is 1. The van der Waals surface area contributed by atoms with Crippen LogP contribution in [0, 0.1) is 5.92 Å². The summed E-state index contributed by atoms with van der Waals surface area (Å²) in [4.78, 5) is 28.9. The monoisotopic (exact) mass is 351 g/mol. The number of carbonyl (C=O) groups excluding carboxylic acids is 2. The smallest absolute Gasteiger partial charge is 0.253 e. The van der Waals surface area contributed by atoms with Crippen molar-refractivity contribution in [1.82, 2.24) is 9.80 Å². The maximum absolute atomic E-state index is 12.8. The first kappa shape index (κ1) is 18.1. The van der Waals surface area contributed by atoms with Crippen molar-refractivity contribution < 1.29 is 9.59 Å². The van der Waals surface area contributed by atoms with E-state index in [9.17, 15) is 9.59 Å². The van der Waals surface area contributed by atoms with Crippen LogP contribution in [0.3, 0.4) is 0 Å². The Morgan fingerprint density at radius 1 is 0.846 bits per heavy atom. The lowest BCUT2D eigenvalue weighted by Crippen LogP contribution is -2.52. The van der Waals surface area contributed by atoms with Crippen molar-refractivity contribution in [2.45, 2.75) is 13.0 Å². The fourth-order valence-corrected chi connectivity index (χ4v) is 3.30. The molecule has 136 valence electrons. The highest BCUT2D eigenvalue weighted by Crippen LogP contribution is 2.22. The molecule has 2 unspecified atom stereocenters. The van der Waals surface area contributed by atoms with E-state index >= 15 is 0 Å². The minimum atomic E-state index is -0.326. The highest BCUT2D eigenvalue weighted by molar-refractivity contribution is 5.94. The van der Waals surface area contributed by atoms with Gasteiger partial charge in [0.05, 0.1) is 5.92 Å².